The molecule has 0 atom stereocenters. The van der Waals surface area contributed by atoms with Gasteiger partial charge in [-0.05, 0) is 68.1 Å². The third kappa shape index (κ3) is 5.09. The molecule has 1 saturated heterocycles. The SMILES string of the molecule is CCc1nnc(-c2cc3c(OCCCN4CCC(c5ccc(Cl)c(Cl)c5)CC4)cccc3o2)o1. The Morgan fingerprint density at radius 2 is 1.88 bits per heavy atom. The third-order valence-electron chi connectivity index (χ3n) is 6.38. The van der Waals surface area contributed by atoms with Gasteiger partial charge in [0.15, 0.2) is 5.76 Å². The van der Waals surface area contributed by atoms with E-state index in [1.165, 1.54) is 5.56 Å². The minimum absolute atomic E-state index is 0.392. The Kier molecular flexibility index (Phi) is 7.09. The van der Waals surface area contributed by atoms with Crippen molar-refractivity contribution >= 4 is 34.2 Å². The number of hydrogen-bond donors (Lipinski definition) is 0. The van der Waals surface area contributed by atoms with Crippen molar-refractivity contribution in [3.8, 4) is 17.4 Å². The highest BCUT2D eigenvalue weighted by molar-refractivity contribution is 6.42. The van der Waals surface area contributed by atoms with Crippen molar-refractivity contribution in [2.45, 2.75) is 38.5 Å². The molecule has 1 fully saturated rings. The van der Waals surface area contributed by atoms with Crippen molar-refractivity contribution in [2.24, 2.45) is 0 Å². The number of nitrogens with zero attached hydrogens (tertiary/aromatic N) is 3. The molecule has 5 rings (SSSR count). The van der Waals surface area contributed by atoms with Gasteiger partial charge in [0.2, 0.25) is 5.89 Å². The zero-order chi connectivity index (χ0) is 23.5. The lowest BCUT2D eigenvalue weighted by molar-refractivity contribution is 0.193. The molecule has 3 heterocycles. The maximum atomic E-state index is 6.20. The van der Waals surface area contributed by atoms with Crippen molar-refractivity contribution < 1.29 is 13.6 Å². The quantitative estimate of drug-likeness (QED) is 0.243. The molecule has 4 aromatic rings. The standard InChI is InChI=1S/C26H27Cl2N3O3/c1-2-25-29-30-26(34-25)24-16-19-22(5-3-6-23(19)33-24)32-14-4-11-31-12-9-17(10-13-31)18-7-8-20(27)21(28)15-18/h3,5-8,15-17H,2,4,9-14H2,1H3. The zero-order valence-corrected chi connectivity index (χ0v) is 20.6. The molecule has 0 amide bonds. The van der Waals surface area contributed by atoms with Crippen LogP contribution in [0.1, 0.15) is 43.6 Å². The van der Waals surface area contributed by atoms with E-state index in [4.69, 9.17) is 36.8 Å². The Hall–Kier alpha value is -2.54. The number of likely N-dealkylation sites (tertiary alicyclic amines) is 1. The second-order valence-electron chi connectivity index (χ2n) is 8.62. The van der Waals surface area contributed by atoms with E-state index in [1.807, 2.05) is 43.3 Å². The van der Waals surface area contributed by atoms with E-state index in [1.54, 1.807) is 0 Å². The van der Waals surface area contributed by atoms with Gasteiger partial charge < -0.3 is 18.5 Å². The average Bonchev–Trinajstić information content (AvgIpc) is 3.51. The second-order valence-corrected chi connectivity index (χ2v) is 9.44. The minimum Gasteiger partial charge on any atom is -0.493 e. The Balaban J connectivity index is 1.12. The molecule has 0 saturated carbocycles. The highest BCUT2D eigenvalue weighted by atomic mass is 35.5. The van der Waals surface area contributed by atoms with Crippen molar-refractivity contribution in [1.82, 2.24) is 15.1 Å². The fourth-order valence-corrected chi connectivity index (χ4v) is 4.79. The van der Waals surface area contributed by atoms with E-state index in [-0.39, 0.29) is 0 Å². The number of ether oxygens (including phenoxy) is 1. The van der Waals surface area contributed by atoms with Crippen LogP contribution in [0.4, 0.5) is 0 Å². The van der Waals surface area contributed by atoms with E-state index >= 15 is 0 Å². The number of benzene rings is 2. The summed E-state index contributed by atoms with van der Waals surface area (Å²) in [6, 6.07) is 13.7. The van der Waals surface area contributed by atoms with Crippen LogP contribution < -0.4 is 4.74 Å². The molecule has 2 aromatic heterocycles. The van der Waals surface area contributed by atoms with Gasteiger partial charge in [-0.1, -0.05) is 42.3 Å². The lowest BCUT2D eigenvalue weighted by Gasteiger charge is -2.32. The number of hydrogen-bond acceptors (Lipinski definition) is 6. The van der Waals surface area contributed by atoms with Crippen LogP contribution in [0.5, 0.6) is 5.75 Å². The summed E-state index contributed by atoms with van der Waals surface area (Å²) in [6.07, 6.45) is 3.91. The van der Waals surface area contributed by atoms with Crippen molar-refractivity contribution in [1.29, 1.82) is 0 Å². The summed E-state index contributed by atoms with van der Waals surface area (Å²) in [5, 5.41) is 10.3. The number of fused-ring (bicyclic) bond motifs is 1. The monoisotopic (exact) mass is 499 g/mol. The number of aromatic nitrogens is 2. The molecule has 0 radical (unpaired) electrons. The van der Waals surface area contributed by atoms with Crippen molar-refractivity contribution in [3.63, 3.8) is 0 Å². The van der Waals surface area contributed by atoms with Crippen LogP contribution in [0.15, 0.2) is 51.3 Å². The summed E-state index contributed by atoms with van der Waals surface area (Å²) in [6.45, 7) is 5.79. The summed E-state index contributed by atoms with van der Waals surface area (Å²) >= 11 is 12.3. The third-order valence-corrected chi connectivity index (χ3v) is 7.12. The van der Waals surface area contributed by atoms with Crippen LogP contribution >= 0.6 is 23.2 Å². The van der Waals surface area contributed by atoms with Gasteiger partial charge in [0.1, 0.15) is 11.3 Å². The van der Waals surface area contributed by atoms with E-state index in [0.29, 0.717) is 46.5 Å². The second kappa shape index (κ2) is 10.4. The number of furan rings is 1. The van der Waals surface area contributed by atoms with Gasteiger partial charge in [-0.2, -0.15) is 0 Å². The molecular formula is C26H27Cl2N3O3. The Bertz CT molecular complexity index is 1260. The molecule has 0 bridgehead atoms. The number of halogens is 2. The first kappa shape index (κ1) is 23.2. The van der Waals surface area contributed by atoms with E-state index < -0.39 is 0 Å². The highest BCUT2D eigenvalue weighted by Gasteiger charge is 2.21. The predicted molar refractivity (Wildman–Crippen MR) is 134 cm³/mol. The van der Waals surface area contributed by atoms with Crippen LogP contribution in [0.2, 0.25) is 10.0 Å². The molecule has 1 aliphatic rings. The number of piperidine rings is 1. The average molecular weight is 500 g/mol. The van der Waals surface area contributed by atoms with Crippen LogP contribution in [0, 0.1) is 0 Å². The molecule has 34 heavy (non-hydrogen) atoms. The van der Waals surface area contributed by atoms with Crippen LogP contribution in [-0.2, 0) is 6.42 Å². The number of rotatable bonds is 8. The molecule has 1 aliphatic heterocycles. The first-order valence-corrected chi connectivity index (χ1v) is 12.5. The summed E-state index contributed by atoms with van der Waals surface area (Å²) in [5.41, 5.74) is 2.03. The molecule has 0 spiro atoms. The zero-order valence-electron chi connectivity index (χ0n) is 19.1. The minimum atomic E-state index is 0.392. The number of aryl methyl sites for hydroxylation is 1. The van der Waals surface area contributed by atoms with Gasteiger partial charge in [-0.15, -0.1) is 10.2 Å². The van der Waals surface area contributed by atoms with Crippen LogP contribution in [-0.4, -0.2) is 41.3 Å². The topological polar surface area (TPSA) is 64.5 Å². The molecule has 6 nitrogen and oxygen atoms in total. The van der Waals surface area contributed by atoms with Crippen LogP contribution in [0.25, 0.3) is 22.6 Å². The maximum Gasteiger partial charge on any atom is 0.283 e. The fourth-order valence-electron chi connectivity index (χ4n) is 4.49. The van der Waals surface area contributed by atoms with E-state index in [0.717, 1.165) is 55.6 Å². The summed E-state index contributed by atoms with van der Waals surface area (Å²) < 4.78 is 17.7. The normalized spacial score (nSPS) is 15.3. The van der Waals surface area contributed by atoms with Crippen molar-refractivity contribution in [2.75, 3.05) is 26.2 Å². The Morgan fingerprint density at radius 1 is 1.03 bits per heavy atom. The molecule has 178 valence electrons. The summed E-state index contributed by atoms with van der Waals surface area (Å²) in [7, 11) is 0. The Morgan fingerprint density at radius 3 is 2.65 bits per heavy atom. The molecule has 8 heteroatoms. The maximum absolute atomic E-state index is 6.20. The van der Waals surface area contributed by atoms with Gasteiger partial charge in [0.25, 0.3) is 5.89 Å². The lowest BCUT2D eigenvalue weighted by atomic mass is 9.89. The van der Waals surface area contributed by atoms with Gasteiger partial charge in [0, 0.05) is 19.0 Å². The van der Waals surface area contributed by atoms with E-state index in [9.17, 15) is 0 Å². The first-order chi connectivity index (χ1) is 16.6. The molecule has 0 aliphatic carbocycles. The largest absolute Gasteiger partial charge is 0.493 e. The highest BCUT2D eigenvalue weighted by Crippen LogP contribution is 2.34. The summed E-state index contributed by atoms with van der Waals surface area (Å²) in [4.78, 5) is 2.51. The van der Waals surface area contributed by atoms with Gasteiger partial charge >= 0.3 is 0 Å². The fraction of sp³-hybridized carbons (Fsp3) is 0.385. The lowest BCUT2D eigenvalue weighted by Crippen LogP contribution is -2.34. The van der Waals surface area contributed by atoms with Gasteiger partial charge in [-0.3, -0.25) is 0 Å². The smallest absolute Gasteiger partial charge is 0.283 e. The first-order valence-electron chi connectivity index (χ1n) is 11.8. The van der Waals surface area contributed by atoms with Gasteiger partial charge in [0.05, 0.1) is 22.0 Å². The summed E-state index contributed by atoms with van der Waals surface area (Å²) in [5.74, 6) is 2.89. The predicted octanol–water partition coefficient (Wildman–Crippen LogP) is 7.00. The molecule has 2 aromatic carbocycles. The molecule has 0 N–H and O–H groups in total. The van der Waals surface area contributed by atoms with Crippen molar-refractivity contribution in [3.05, 3.63) is 64.0 Å². The van der Waals surface area contributed by atoms with Crippen LogP contribution in [0.3, 0.4) is 0 Å². The Labute approximate surface area is 208 Å². The van der Waals surface area contributed by atoms with E-state index in [2.05, 4.69) is 21.2 Å². The van der Waals surface area contributed by atoms with Gasteiger partial charge in [-0.25, -0.2) is 0 Å². The molecule has 0 unspecified atom stereocenters. The molecular weight excluding hydrogens is 473 g/mol.